The average Bonchev–Trinajstić information content (AvgIpc) is 1.41. The molecule has 3 heteroatoms. The van der Waals surface area contributed by atoms with Gasteiger partial charge in [-0.25, -0.2) is 0 Å². The molecule has 0 unspecified atom stereocenters. The molecule has 0 heterocycles. The summed E-state index contributed by atoms with van der Waals surface area (Å²) in [5, 5.41) is 7.94. The topological polar surface area (TPSA) is 29.5 Å². The molecule has 1 N–H and O–H groups in total. The number of hydrogen-bond acceptors (Lipinski definition) is 2. The Labute approximate surface area is 56.6 Å². The van der Waals surface area contributed by atoms with Gasteiger partial charge in [0.15, 0.2) is 0 Å². The molecule has 0 bridgehead atoms. The molecule has 6 heavy (non-hydrogen) atoms. The van der Waals surface area contributed by atoms with Crippen molar-refractivity contribution < 1.29 is 9.84 Å². The van der Waals surface area contributed by atoms with Crippen LogP contribution >= 0.6 is 0 Å². The Hall–Kier alpha value is 0.803. The zero-order chi connectivity index (χ0) is 4.12. The van der Waals surface area contributed by atoms with Gasteiger partial charge in [-0.2, -0.15) is 0 Å². The summed E-state index contributed by atoms with van der Waals surface area (Å²) in [5.41, 5.74) is 0. The van der Waals surface area contributed by atoms with E-state index in [2.05, 4.69) is 4.74 Å². The summed E-state index contributed by atoms with van der Waals surface area (Å²) >= 11 is 0. The molecule has 0 spiro atoms. The van der Waals surface area contributed by atoms with Crippen molar-refractivity contribution in [3.8, 4) is 0 Å². The first kappa shape index (κ1) is 9.93. The maximum absolute atomic E-state index is 7.94. The van der Waals surface area contributed by atoms with Crippen LogP contribution < -0.4 is 0 Å². The summed E-state index contributed by atoms with van der Waals surface area (Å²) < 4.78 is 4.44. The Morgan fingerprint density at radius 3 is 2.17 bits per heavy atom. The second-order valence-corrected chi connectivity index (χ2v) is 0.716. The van der Waals surface area contributed by atoms with Crippen LogP contribution in [0.25, 0.3) is 0 Å². The van der Waals surface area contributed by atoms with Crippen LogP contribution in [0.4, 0.5) is 0 Å². The number of ether oxygens (including phenoxy) is 1. The fourth-order valence-corrected chi connectivity index (χ4v) is 0.0913. The first-order valence-electron chi connectivity index (χ1n) is 1.51. The maximum atomic E-state index is 7.94. The van der Waals surface area contributed by atoms with Crippen molar-refractivity contribution in [2.45, 2.75) is 0 Å². The van der Waals surface area contributed by atoms with E-state index in [4.69, 9.17) is 5.11 Å². The molecule has 0 aromatic rings. The van der Waals surface area contributed by atoms with Crippen molar-refractivity contribution in [1.29, 1.82) is 0 Å². The first-order chi connectivity index (χ1) is 2.41. The van der Waals surface area contributed by atoms with Crippen LogP contribution in [0.2, 0.25) is 0 Å². The van der Waals surface area contributed by atoms with Gasteiger partial charge in [-0.1, -0.05) is 0 Å². The van der Waals surface area contributed by atoms with Gasteiger partial charge < -0.3 is 9.84 Å². The van der Waals surface area contributed by atoms with Gasteiger partial charge in [0.25, 0.3) is 0 Å². The van der Waals surface area contributed by atoms with Gasteiger partial charge >= 0.3 is 26.2 Å². The number of hydrogen-bond donors (Lipinski definition) is 1. The molecule has 0 atom stereocenters. The summed E-state index contributed by atoms with van der Waals surface area (Å²) in [6, 6.07) is 0. The molecule has 40 valence electrons. The molecule has 0 aromatic carbocycles. The molecule has 0 aromatic heterocycles. The van der Waals surface area contributed by atoms with Crippen molar-refractivity contribution in [2.24, 2.45) is 0 Å². The van der Waals surface area contributed by atoms with Crippen molar-refractivity contribution in [3.05, 3.63) is 0 Å². The van der Waals surface area contributed by atoms with E-state index in [1.54, 1.807) is 7.11 Å². The Balaban J connectivity index is 0. The van der Waals surface area contributed by atoms with Gasteiger partial charge in [-0.3, -0.25) is 0 Å². The summed E-state index contributed by atoms with van der Waals surface area (Å²) in [5.74, 6) is 0. The molecular weight excluding hydrogens is 277 g/mol. The van der Waals surface area contributed by atoms with Crippen LogP contribution in [0.3, 0.4) is 0 Å². The van der Waals surface area contributed by atoms with Crippen molar-refractivity contribution in [3.63, 3.8) is 0 Å². The third-order valence-electron chi connectivity index (χ3n) is 0.295. The Morgan fingerprint density at radius 1 is 1.67 bits per heavy atom. The number of aliphatic hydroxyl groups excluding tert-OH is 1. The van der Waals surface area contributed by atoms with E-state index < -0.39 is 0 Å². The van der Waals surface area contributed by atoms with E-state index in [0.29, 0.717) is 6.61 Å². The van der Waals surface area contributed by atoms with Crippen LogP contribution in [0.1, 0.15) is 0 Å². The zero-order valence-electron chi connectivity index (χ0n) is 3.98. The third-order valence-corrected chi connectivity index (χ3v) is 0.295. The summed E-state index contributed by atoms with van der Waals surface area (Å²) in [4.78, 5) is 0. The molecule has 0 rings (SSSR count). The number of methoxy groups -OCH3 is 1. The summed E-state index contributed by atoms with van der Waals surface area (Å²) in [6.45, 7) is 0.566. The van der Waals surface area contributed by atoms with Crippen LogP contribution in [0.5, 0.6) is 0 Å². The van der Waals surface area contributed by atoms with Gasteiger partial charge in [-0.15, -0.1) is 0 Å². The van der Waals surface area contributed by atoms with Gasteiger partial charge in [0.05, 0.1) is 13.2 Å². The SMILES string of the molecule is COCCO.[BiH3]. The van der Waals surface area contributed by atoms with Crippen LogP contribution in [0, 0.1) is 0 Å². The van der Waals surface area contributed by atoms with Gasteiger partial charge in [0.2, 0.25) is 0 Å². The second kappa shape index (κ2) is 9.26. The normalized spacial score (nSPS) is 7.00. The fraction of sp³-hybridized carbons (Fsp3) is 1.00. The van der Waals surface area contributed by atoms with E-state index >= 15 is 0 Å². The van der Waals surface area contributed by atoms with E-state index in [9.17, 15) is 0 Å². The second-order valence-electron chi connectivity index (χ2n) is 0.716. The van der Waals surface area contributed by atoms with Gasteiger partial charge in [0.1, 0.15) is 0 Å². The van der Waals surface area contributed by atoms with Crippen LogP contribution in [-0.2, 0) is 4.74 Å². The molecule has 0 saturated carbocycles. The van der Waals surface area contributed by atoms with Crippen molar-refractivity contribution in [1.82, 2.24) is 0 Å². The van der Waals surface area contributed by atoms with E-state index in [-0.39, 0.29) is 32.8 Å². The molecule has 2 nitrogen and oxygen atoms in total. The Bertz CT molecular complexity index is 16.3. The van der Waals surface area contributed by atoms with E-state index in [1.165, 1.54) is 0 Å². The first-order valence-corrected chi connectivity index (χ1v) is 1.51. The molecule has 0 saturated heterocycles. The molecular formula is C3H11BiO2. The molecule has 0 radical (unpaired) electrons. The third kappa shape index (κ3) is 8.84. The van der Waals surface area contributed by atoms with Gasteiger partial charge in [-0.05, 0) is 0 Å². The Kier molecular flexibility index (Phi) is 15.3. The number of rotatable bonds is 2. The average molecular weight is 288 g/mol. The Morgan fingerprint density at radius 2 is 2.17 bits per heavy atom. The summed E-state index contributed by atoms with van der Waals surface area (Å²) in [7, 11) is 1.55. The molecule has 0 amide bonds. The monoisotopic (exact) mass is 288 g/mol. The van der Waals surface area contributed by atoms with Crippen LogP contribution in [-0.4, -0.2) is 51.6 Å². The fourth-order valence-electron chi connectivity index (χ4n) is 0.0913. The summed E-state index contributed by atoms with van der Waals surface area (Å²) in [6.07, 6.45) is 0. The van der Waals surface area contributed by atoms with Crippen molar-refractivity contribution >= 4 is 26.2 Å². The predicted octanol–water partition coefficient (Wildman–Crippen LogP) is -1.56. The molecule has 0 aliphatic rings. The number of aliphatic hydroxyl groups is 1. The minimum absolute atomic E-state index is 0. The van der Waals surface area contributed by atoms with E-state index in [0.717, 1.165) is 0 Å². The van der Waals surface area contributed by atoms with E-state index in [1.807, 2.05) is 0 Å². The zero-order valence-corrected chi connectivity index (χ0v) is 9.47. The van der Waals surface area contributed by atoms with Crippen molar-refractivity contribution in [2.75, 3.05) is 20.3 Å². The van der Waals surface area contributed by atoms with Gasteiger partial charge in [0, 0.05) is 7.11 Å². The predicted molar refractivity (Wildman–Crippen MR) is 28.9 cm³/mol. The minimum atomic E-state index is 0. The molecule has 0 fully saturated rings. The molecule has 0 aliphatic heterocycles. The standard InChI is InChI=1S/C3H8O2.Bi.3H/c1-5-3-2-4;;;;/h4H,2-3H2,1H3;;;;. The molecule has 0 aliphatic carbocycles. The quantitative estimate of drug-likeness (QED) is 0.623. The van der Waals surface area contributed by atoms with Crippen LogP contribution in [0.15, 0.2) is 0 Å².